The number of hydrogen-bond donors (Lipinski definition) is 0. The number of rotatable bonds is 8. The lowest BCUT2D eigenvalue weighted by Gasteiger charge is -2.27. The Balaban J connectivity index is 2.14. The van der Waals surface area contributed by atoms with E-state index in [2.05, 4.69) is 22.0 Å². The Morgan fingerprint density at radius 2 is 1.93 bits per heavy atom. The van der Waals surface area contributed by atoms with Crippen molar-refractivity contribution in [3.05, 3.63) is 58.1 Å². The molecular weight excluding hydrogens is 408 g/mol. The van der Waals surface area contributed by atoms with Crippen LogP contribution in [0.3, 0.4) is 0 Å². The summed E-state index contributed by atoms with van der Waals surface area (Å²) >= 11 is 3.40. The first kappa shape index (κ1) is 20.8. The van der Waals surface area contributed by atoms with Crippen LogP contribution in [0, 0.1) is 11.3 Å². The van der Waals surface area contributed by atoms with Crippen LogP contribution in [0.4, 0.5) is 0 Å². The SMILES string of the molecule is CCOc1cc(C#N)cc(Br)c1OCC(=O)N(Cc1ccccc1)C(C)C. The summed E-state index contributed by atoms with van der Waals surface area (Å²) in [4.78, 5) is 14.5. The van der Waals surface area contributed by atoms with Gasteiger partial charge >= 0.3 is 0 Å². The van der Waals surface area contributed by atoms with Gasteiger partial charge in [-0.3, -0.25) is 4.79 Å². The Labute approximate surface area is 168 Å². The van der Waals surface area contributed by atoms with Crippen molar-refractivity contribution in [1.29, 1.82) is 5.26 Å². The van der Waals surface area contributed by atoms with Gasteiger partial charge in [0.05, 0.1) is 22.7 Å². The molecule has 0 radical (unpaired) electrons. The first-order valence-electron chi connectivity index (χ1n) is 8.78. The van der Waals surface area contributed by atoms with Crippen LogP contribution in [0.2, 0.25) is 0 Å². The summed E-state index contributed by atoms with van der Waals surface area (Å²) in [5.74, 6) is 0.746. The van der Waals surface area contributed by atoms with Crippen LogP contribution in [0.5, 0.6) is 11.5 Å². The second-order valence-corrected chi connectivity index (χ2v) is 7.07. The summed E-state index contributed by atoms with van der Waals surface area (Å²) in [5, 5.41) is 9.11. The van der Waals surface area contributed by atoms with Crippen molar-refractivity contribution in [3.63, 3.8) is 0 Å². The van der Waals surface area contributed by atoms with Crippen LogP contribution in [0.1, 0.15) is 31.9 Å². The molecule has 27 heavy (non-hydrogen) atoms. The molecule has 2 aromatic carbocycles. The van der Waals surface area contributed by atoms with E-state index in [9.17, 15) is 4.79 Å². The molecule has 0 saturated heterocycles. The number of nitrogens with zero attached hydrogens (tertiary/aromatic N) is 2. The highest BCUT2D eigenvalue weighted by Crippen LogP contribution is 2.36. The second-order valence-electron chi connectivity index (χ2n) is 6.22. The molecule has 0 bridgehead atoms. The summed E-state index contributed by atoms with van der Waals surface area (Å²) in [6.07, 6.45) is 0. The Bertz CT molecular complexity index is 816. The fraction of sp³-hybridized carbons (Fsp3) is 0.333. The molecule has 0 atom stereocenters. The van der Waals surface area contributed by atoms with Crippen LogP contribution in [-0.4, -0.2) is 30.1 Å². The molecule has 0 unspecified atom stereocenters. The molecule has 6 heteroatoms. The van der Waals surface area contributed by atoms with Gasteiger partial charge in [0.1, 0.15) is 0 Å². The Kier molecular flexibility index (Phi) is 7.68. The highest BCUT2D eigenvalue weighted by molar-refractivity contribution is 9.10. The minimum Gasteiger partial charge on any atom is -0.490 e. The summed E-state index contributed by atoms with van der Waals surface area (Å²) in [6.45, 7) is 6.64. The molecule has 0 aliphatic rings. The number of carbonyl (C=O) groups is 1. The molecule has 2 rings (SSSR count). The first-order valence-corrected chi connectivity index (χ1v) is 9.58. The van der Waals surface area contributed by atoms with Crippen molar-refractivity contribution in [1.82, 2.24) is 4.90 Å². The molecule has 0 saturated carbocycles. The highest BCUT2D eigenvalue weighted by Gasteiger charge is 2.20. The first-order chi connectivity index (χ1) is 13.0. The average Bonchev–Trinajstić information content (AvgIpc) is 2.65. The predicted octanol–water partition coefficient (Wildman–Crippen LogP) is 4.54. The number of nitriles is 1. The van der Waals surface area contributed by atoms with Gasteiger partial charge in [0.15, 0.2) is 18.1 Å². The van der Waals surface area contributed by atoms with E-state index in [4.69, 9.17) is 14.7 Å². The molecule has 142 valence electrons. The third-order valence-electron chi connectivity index (χ3n) is 3.92. The Hall–Kier alpha value is -2.52. The number of benzene rings is 2. The van der Waals surface area contributed by atoms with Gasteiger partial charge in [0.25, 0.3) is 5.91 Å². The molecule has 0 aromatic heterocycles. The topological polar surface area (TPSA) is 62.6 Å². The van der Waals surface area contributed by atoms with Crippen molar-refractivity contribution in [2.45, 2.75) is 33.4 Å². The predicted molar refractivity (Wildman–Crippen MR) is 108 cm³/mol. The van der Waals surface area contributed by atoms with Gasteiger partial charge < -0.3 is 14.4 Å². The summed E-state index contributed by atoms with van der Waals surface area (Å²) in [6, 6.07) is 15.2. The Morgan fingerprint density at radius 1 is 1.22 bits per heavy atom. The van der Waals surface area contributed by atoms with Gasteiger partial charge in [-0.05, 0) is 48.3 Å². The van der Waals surface area contributed by atoms with Crippen LogP contribution < -0.4 is 9.47 Å². The van der Waals surface area contributed by atoms with Gasteiger partial charge in [-0.2, -0.15) is 5.26 Å². The molecule has 0 N–H and O–H groups in total. The number of amides is 1. The van der Waals surface area contributed by atoms with Gasteiger partial charge in [0, 0.05) is 18.7 Å². The number of halogens is 1. The zero-order valence-corrected chi connectivity index (χ0v) is 17.3. The van der Waals surface area contributed by atoms with Crippen molar-refractivity contribution in [2.75, 3.05) is 13.2 Å². The molecule has 0 fully saturated rings. The average molecular weight is 431 g/mol. The molecule has 0 heterocycles. The van der Waals surface area contributed by atoms with Crippen molar-refractivity contribution < 1.29 is 14.3 Å². The largest absolute Gasteiger partial charge is 0.490 e. The van der Waals surface area contributed by atoms with Gasteiger partial charge in [-0.1, -0.05) is 30.3 Å². The monoisotopic (exact) mass is 430 g/mol. The maximum Gasteiger partial charge on any atom is 0.261 e. The van der Waals surface area contributed by atoms with Crippen LogP contribution in [0.25, 0.3) is 0 Å². The maximum absolute atomic E-state index is 12.8. The molecule has 0 aliphatic carbocycles. The van der Waals surface area contributed by atoms with E-state index in [0.717, 1.165) is 5.56 Å². The molecule has 0 spiro atoms. The second kappa shape index (κ2) is 9.98. The zero-order valence-electron chi connectivity index (χ0n) is 15.7. The van der Waals surface area contributed by atoms with Crippen LogP contribution >= 0.6 is 15.9 Å². The van der Waals surface area contributed by atoms with E-state index in [1.165, 1.54) is 0 Å². The van der Waals surface area contributed by atoms with Crippen molar-refractivity contribution in [2.24, 2.45) is 0 Å². The normalized spacial score (nSPS) is 10.4. The molecule has 5 nitrogen and oxygen atoms in total. The van der Waals surface area contributed by atoms with E-state index in [-0.39, 0.29) is 18.6 Å². The van der Waals surface area contributed by atoms with Gasteiger partial charge in [-0.15, -0.1) is 0 Å². The maximum atomic E-state index is 12.8. The number of ether oxygens (including phenoxy) is 2. The minimum atomic E-state index is -0.118. The zero-order chi connectivity index (χ0) is 19.8. The van der Waals surface area contributed by atoms with Gasteiger partial charge in [-0.25, -0.2) is 0 Å². The third-order valence-corrected chi connectivity index (χ3v) is 4.51. The molecular formula is C21H23BrN2O3. The summed E-state index contributed by atoms with van der Waals surface area (Å²) in [7, 11) is 0. The van der Waals surface area contributed by atoms with Crippen molar-refractivity contribution >= 4 is 21.8 Å². The molecule has 0 aliphatic heterocycles. The lowest BCUT2D eigenvalue weighted by atomic mass is 10.2. The van der Waals surface area contributed by atoms with Crippen LogP contribution in [-0.2, 0) is 11.3 Å². The fourth-order valence-corrected chi connectivity index (χ4v) is 3.15. The van der Waals surface area contributed by atoms with E-state index in [1.807, 2.05) is 51.1 Å². The Morgan fingerprint density at radius 3 is 2.52 bits per heavy atom. The fourth-order valence-electron chi connectivity index (χ4n) is 2.59. The van der Waals surface area contributed by atoms with E-state index in [1.54, 1.807) is 17.0 Å². The molecule has 1 amide bonds. The summed E-state index contributed by atoms with van der Waals surface area (Å²) in [5.41, 5.74) is 1.52. The quantitative estimate of drug-likeness (QED) is 0.616. The lowest BCUT2D eigenvalue weighted by Crippen LogP contribution is -2.39. The number of carbonyl (C=O) groups excluding carboxylic acids is 1. The molecule has 2 aromatic rings. The lowest BCUT2D eigenvalue weighted by molar-refractivity contribution is -0.135. The van der Waals surface area contributed by atoms with Crippen LogP contribution in [0.15, 0.2) is 46.9 Å². The smallest absolute Gasteiger partial charge is 0.261 e. The van der Waals surface area contributed by atoms with Crippen molar-refractivity contribution in [3.8, 4) is 17.6 Å². The minimum absolute atomic E-state index is 0.0390. The highest BCUT2D eigenvalue weighted by atomic mass is 79.9. The van der Waals surface area contributed by atoms with E-state index >= 15 is 0 Å². The van der Waals surface area contributed by atoms with E-state index in [0.29, 0.717) is 34.7 Å². The summed E-state index contributed by atoms with van der Waals surface area (Å²) < 4.78 is 11.9. The van der Waals surface area contributed by atoms with Gasteiger partial charge in [0.2, 0.25) is 0 Å². The standard InChI is InChI=1S/C21H23BrN2O3/c1-4-26-19-11-17(12-23)10-18(22)21(19)27-14-20(25)24(15(2)3)13-16-8-6-5-7-9-16/h5-11,15H,4,13-14H2,1-3H3. The third kappa shape index (κ3) is 5.73. The number of hydrogen-bond acceptors (Lipinski definition) is 4. The van der Waals surface area contributed by atoms with E-state index < -0.39 is 0 Å².